The zero-order valence-electron chi connectivity index (χ0n) is 21.6. The number of anilines is 1. The molecule has 3 aromatic carbocycles. The number of nitrogens with one attached hydrogen (secondary N) is 1. The van der Waals surface area contributed by atoms with Crippen molar-refractivity contribution < 1.29 is 18.0 Å². The molecule has 0 aliphatic heterocycles. The summed E-state index contributed by atoms with van der Waals surface area (Å²) in [6.07, 6.45) is 1.47. The third-order valence-electron chi connectivity index (χ3n) is 5.79. The number of fused-ring (bicyclic) bond motifs is 1. The van der Waals surface area contributed by atoms with Gasteiger partial charge >= 0.3 is 0 Å². The van der Waals surface area contributed by atoms with E-state index in [1.165, 1.54) is 4.90 Å². The lowest BCUT2D eigenvalue weighted by atomic mass is 10.1. The molecule has 1 N–H and O–H groups in total. The van der Waals surface area contributed by atoms with Gasteiger partial charge in [0.1, 0.15) is 12.6 Å². The molecule has 36 heavy (non-hydrogen) atoms. The van der Waals surface area contributed by atoms with Gasteiger partial charge in [0, 0.05) is 17.5 Å². The third-order valence-corrected chi connectivity index (χ3v) is 6.92. The first-order valence-corrected chi connectivity index (χ1v) is 13.9. The van der Waals surface area contributed by atoms with Gasteiger partial charge in [-0.3, -0.25) is 13.9 Å². The molecule has 0 bridgehead atoms. The molecule has 192 valence electrons. The summed E-state index contributed by atoms with van der Waals surface area (Å²) >= 11 is 0. The quantitative estimate of drug-likeness (QED) is 0.465. The average molecular weight is 510 g/mol. The van der Waals surface area contributed by atoms with Crippen LogP contribution in [0, 0.1) is 0 Å². The van der Waals surface area contributed by atoms with E-state index < -0.39 is 34.1 Å². The predicted molar refractivity (Wildman–Crippen MR) is 145 cm³/mol. The first-order valence-electron chi connectivity index (χ1n) is 12.0. The Morgan fingerprint density at radius 3 is 2.14 bits per heavy atom. The molecule has 0 saturated carbocycles. The largest absolute Gasteiger partial charge is 0.350 e. The summed E-state index contributed by atoms with van der Waals surface area (Å²) < 4.78 is 27.0. The van der Waals surface area contributed by atoms with E-state index in [1.54, 1.807) is 12.1 Å². The van der Waals surface area contributed by atoms with Crippen LogP contribution in [0.15, 0.2) is 72.8 Å². The molecule has 8 heteroatoms. The van der Waals surface area contributed by atoms with Gasteiger partial charge in [-0.2, -0.15) is 0 Å². The second-order valence-corrected chi connectivity index (χ2v) is 11.8. The van der Waals surface area contributed by atoms with Gasteiger partial charge in [0.15, 0.2) is 0 Å². The summed E-state index contributed by atoms with van der Waals surface area (Å²) in [7, 11) is -3.81. The number of hydrogen-bond acceptors (Lipinski definition) is 4. The zero-order chi connectivity index (χ0) is 26.5. The highest BCUT2D eigenvalue weighted by Gasteiger charge is 2.33. The maximum absolute atomic E-state index is 13.8. The Morgan fingerprint density at radius 2 is 1.53 bits per heavy atom. The molecule has 2 amide bonds. The van der Waals surface area contributed by atoms with Crippen molar-refractivity contribution in [1.29, 1.82) is 0 Å². The number of amides is 2. The maximum atomic E-state index is 13.8. The van der Waals surface area contributed by atoms with Crippen molar-refractivity contribution in [2.75, 3.05) is 17.1 Å². The molecule has 3 aromatic rings. The lowest BCUT2D eigenvalue weighted by Crippen LogP contribution is -2.55. The summed E-state index contributed by atoms with van der Waals surface area (Å²) in [5.41, 5.74) is 0.799. The molecule has 7 nitrogen and oxygen atoms in total. The molecule has 0 unspecified atom stereocenters. The van der Waals surface area contributed by atoms with Crippen LogP contribution < -0.4 is 9.62 Å². The van der Waals surface area contributed by atoms with Crippen LogP contribution in [0.3, 0.4) is 0 Å². The fourth-order valence-electron chi connectivity index (χ4n) is 4.17. The van der Waals surface area contributed by atoms with Crippen molar-refractivity contribution in [1.82, 2.24) is 10.2 Å². The Morgan fingerprint density at radius 1 is 0.917 bits per heavy atom. The van der Waals surface area contributed by atoms with E-state index in [0.717, 1.165) is 26.9 Å². The minimum absolute atomic E-state index is 0.183. The number of nitrogens with zero attached hydrogens (tertiary/aromatic N) is 2. The zero-order valence-corrected chi connectivity index (χ0v) is 22.4. The number of carbonyl (C=O) groups is 2. The minimum atomic E-state index is -3.81. The van der Waals surface area contributed by atoms with Crippen LogP contribution in [0.25, 0.3) is 10.8 Å². The summed E-state index contributed by atoms with van der Waals surface area (Å²) in [6.45, 7) is 7.26. The highest BCUT2D eigenvalue weighted by atomic mass is 32.2. The summed E-state index contributed by atoms with van der Waals surface area (Å²) in [5, 5.41) is 4.56. The van der Waals surface area contributed by atoms with Crippen LogP contribution in [0.1, 0.15) is 39.7 Å². The maximum Gasteiger partial charge on any atom is 0.244 e. The smallest absolute Gasteiger partial charge is 0.244 e. The van der Waals surface area contributed by atoms with Gasteiger partial charge in [-0.05, 0) is 44.2 Å². The van der Waals surface area contributed by atoms with Crippen molar-refractivity contribution in [3.8, 4) is 0 Å². The monoisotopic (exact) mass is 509 g/mol. The second-order valence-electron chi connectivity index (χ2n) is 9.94. The van der Waals surface area contributed by atoms with E-state index in [2.05, 4.69) is 5.32 Å². The van der Waals surface area contributed by atoms with Gasteiger partial charge < -0.3 is 10.2 Å². The van der Waals surface area contributed by atoms with Gasteiger partial charge in [0.25, 0.3) is 0 Å². The Bertz CT molecular complexity index is 1310. The third kappa shape index (κ3) is 6.85. The van der Waals surface area contributed by atoms with Crippen molar-refractivity contribution in [2.45, 2.75) is 52.2 Å². The summed E-state index contributed by atoms with van der Waals surface area (Å²) in [4.78, 5) is 28.5. The molecule has 0 saturated heterocycles. The highest BCUT2D eigenvalue weighted by molar-refractivity contribution is 7.92. The molecular weight excluding hydrogens is 474 g/mol. The van der Waals surface area contributed by atoms with Crippen molar-refractivity contribution >= 4 is 38.3 Å². The highest BCUT2D eigenvalue weighted by Crippen LogP contribution is 2.29. The number of carbonyl (C=O) groups excluding carboxylic acids is 2. The first kappa shape index (κ1) is 27.2. The molecule has 3 rings (SSSR count). The summed E-state index contributed by atoms with van der Waals surface area (Å²) in [5.74, 6) is -0.724. The molecule has 1 atom stereocenters. The Balaban J connectivity index is 2.02. The molecular formula is C28H35N3O4S. The van der Waals surface area contributed by atoms with Crippen LogP contribution in [-0.4, -0.2) is 49.5 Å². The summed E-state index contributed by atoms with van der Waals surface area (Å²) in [6, 6.07) is 21.4. The SMILES string of the molecule is CC[C@H](C(=O)NC(C)(C)C)N(Cc1ccccc1)C(=O)CN(c1cccc2ccccc12)S(C)(=O)=O. The second kappa shape index (κ2) is 11.1. The fraction of sp³-hybridized carbons (Fsp3) is 0.357. The van der Waals surface area contributed by atoms with Crippen molar-refractivity contribution in [2.24, 2.45) is 0 Å². The molecule has 0 spiro atoms. The standard InChI is InChI=1S/C28H35N3O4S/c1-6-24(27(33)29-28(2,3)4)30(19-21-13-8-7-9-14-21)26(32)20-31(36(5,34)35)25-18-12-16-22-15-10-11-17-23(22)25/h7-18,24H,6,19-20H2,1-5H3,(H,29,33)/t24-/m1/s1. The fourth-order valence-corrected chi connectivity index (χ4v) is 5.03. The van der Waals surface area contributed by atoms with E-state index in [0.29, 0.717) is 12.1 Å². The van der Waals surface area contributed by atoms with E-state index in [1.807, 2.05) is 88.4 Å². The van der Waals surface area contributed by atoms with E-state index >= 15 is 0 Å². The number of benzene rings is 3. The van der Waals surface area contributed by atoms with Crippen LogP contribution in [0.4, 0.5) is 5.69 Å². The van der Waals surface area contributed by atoms with Gasteiger partial charge in [-0.1, -0.05) is 73.7 Å². The molecule has 0 fully saturated rings. The van der Waals surface area contributed by atoms with Gasteiger partial charge in [-0.25, -0.2) is 8.42 Å². The predicted octanol–water partition coefficient (Wildman–Crippen LogP) is 4.33. The topological polar surface area (TPSA) is 86.8 Å². The van der Waals surface area contributed by atoms with Crippen molar-refractivity contribution in [3.05, 3.63) is 78.4 Å². The Labute approximate surface area is 214 Å². The average Bonchev–Trinajstić information content (AvgIpc) is 2.81. The van der Waals surface area contributed by atoms with Gasteiger partial charge in [0.2, 0.25) is 21.8 Å². The Kier molecular flexibility index (Phi) is 8.40. The molecule has 0 aromatic heterocycles. The van der Waals surface area contributed by atoms with Crippen molar-refractivity contribution in [3.63, 3.8) is 0 Å². The lowest BCUT2D eigenvalue weighted by molar-refractivity contribution is -0.141. The number of sulfonamides is 1. The van der Waals surface area contributed by atoms with Crippen LogP contribution in [-0.2, 0) is 26.2 Å². The van der Waals surface area contributed by atoms with E-state index in [4.69, 9.17) is 0 Å². The number of rotatable bonds is 9. The van der Waals surface area contributed by atoms with E-state index in [-0.39, 0.29) is 12.5 Å². The molecule has 0 radical (unpaired) electrons. The van der Waals surface area contributed by atoms with Crippen LogP contribution in [0.5, 0.6) is 0 Å². The van der Waals surface area contributed by atoms with Gasteiger partial charge in [-0.15, -0.1) is 0 Å². The first-order chi connectivity index (χ1) is 16.9. The molecule has 0 heterocycles. The lowest BCUT2D eigenvalue weighted by Gasteiger charge is -2.34. The van der Waals surface area contributed by atoms with Gasteiger partial charge in [0.05, 0.1) is 11.9 Å². The Hall–Kier alpha value is -3.39. The molecule has 0 aliphatic carbocycles. The van der Waals surface area contributed by atoms with Crippen LogP contribution >= 0.6 is 0 Å². The minimum Gasteiger partial charge on any atom is -0.350 e. The number of hydrogen-bond donors (Lipinski definition) is 1. The van der Waals surface area contributed by atoms with E-state index in [9.17, 15) is 18.0 Å². The van der Waals surface area contributed by atoms with Crippen LogP contribution in [0.2, 0.25) is 0 Å². The normalized spacial score (nSPS) is 12.7. The molecule has 0 aliphatic rings.